The van der Waals surface area contributed by atoms with Gasteiger partial charge in [0.25, 0.3) is 12.0 Å². The van der Waals surface area contributed by atoms with Gasteiger partial charge in [-0.15, -0.1) is 0 Å². The molecule has 5 N–H and O–H groups in total. The number of aliphatic imine (C=N–C) groups is 2. The molecule has 17 heteroatoms. The summed E-state index contributed by atoms with van der Waals surface area (Å²) in [6.07, 6.45) is 14.6. The lowest BCUT2D eigenvalue weighted by Gasteiger charge is -2.39. The fourth-order valence-electron chi connectivity index (χ4n) is 13.4. The van der Waals surface area contributed by atoms with Crippen LogP contribution in [0.1, 0.15) is 128 Å². The second-order valence-corrected chi connectivity index (χ2v) is 31.3. The molecule has 2 saturated carbocycles. The Bertz CT molecular complexity index is 3480. The number of halogens is 1. The lowest BCUT2D eigenvalue weighted by molar-refractivity contribution is 0.109. The maximum atomic E-state index is 6.28. The van der Waals surface area contributed by atoms with Crippen molar-refractivity contribution in [3.05, 3.63) is 148 Å². The molecule has 0 aromatic heterocycles. The van der Waals surface area contributed by atoms with Gasteiger partial charge in [0.2, 0.25) is 0 Å². The van der Waals surface area contributed by atoms with E-state index in [9.17, 15) is 0 Å². The number of fused-ring (bicyclic) bond motifs is 8. The minimum atomic E-state index is -0.754. The number of hydrogen-bond acceptors (Lipinski definition) is 15. The summed E-state index contributed by atoms with van der Waals surface area (Å²) in [6, 6.07) is 42.7. The van der Waals surface area contributed by atoms with Crippen molar-refractivity contribution >= 4 is 52.6 Å². The van der Waals surface area contributed by atoms with Crippen LogP contribution in [0.15, 0.2) is 136 Å². The zero-order valence-electron chi connectivity index (χ0n) is 54.8. The fourth-order valence-corrected chi connectivity index (χ4v) is 17.7. The molecule has 6 aromatic rings. The maximum absolute atomic E-state index is 6.28. The van der Waals surface area contributed by atoms with Crippen LogP contribution in [0.4, 0.5) is 11.4 Å². The van der Waals surface area contributed by atoms with Crippen LogP contribution < -0.4 is 50.8 Å². The second-order valence-electron chi connectivity index (χ2n) is 27.6. The van der Waals surface area contributed by atoms with E-state index < -0.39 is 11.1 Å². The first kappa shape index (κ1) is 65.9. The maximum Gasteiger partial charge on any atom is 0.283 e. The Kier molecular flexibility index (Phi) is 21.1. The monoisotopic (exact) mass is 1320 g/mol. The Hall–Kier alpha value is -6.55. The van der Waals surface area contributed by atoms with Crippen LogP contribution in [0.5, 0.6) is 34.5 Å². The van der Waals surface area contributed by atoms with Gasteiger partial charge in [-0.2, -0.15) is 0 Å². The third kappa shape index (κ3) is 15.8. The highest BCUT2D eigenvalue weighted by molar-refractivity contribution is 9.10. The predicted molar refractivity (Wildman–Crippen MR) is 373 cm³/mol. The molecule has 0 radical (unpaired) electrons. The van der Waals surface area contributed by atoms with Crippen LogP contribution in [0.2, 0.25) is 0 Å². The van der Waals surface area contributed by atoms with E-state index >= 15 is 0 Å². The highest BCUT2D eigenvalue weighted by atomic mass is 79.9. The molecule has 2 atom stereocenters. The number of hydrogen-bond donors (Lipinski definition) is 3. The molecule has 6 aromatic carbocycles. The minimum absolute atomic E-state index is 0.0583. The van der Waals surface area contributed by atoms with Crippen LogP contribution in [-0.2, 0) is 30.0 Å². The van der Waals surface area contributed by atoms with Gasteiger partial charge in [-0.1, -0.05) is 146 Å². The van der Waals surface area contributed by atoms with Gasteiger partial charge in [0, 0.05) is 83.9 Å². The summed E-state index contributed by atoms with van der Waals surface area (Å²) < 4.78 is 47.2. The number of morpholine rings is 2. The Morgan fingerprint density at radius 2 is 1.03 bits per heavy atom. The number of para-hydroxylation sites is 1. The van der Waals surface area contributed by atoms with Crippen molar-refractivity contribution < 1.29 is 37.9 Å². The lowest BCUT2D eigenvalue weighted by Crippen LogP contribution is -2.37. The highest BCUT2D eigenvalue weighted by Crippen LogP contribution is 2.58. The van der Waals surface area contributed by atoms with E-state index in [0.29, 0.717) is 26.4 Å². The van der Waals surface area contributed by atoms with Gasteiger partial charge in [0.1, 0.15) is 47.7 Å². The molecule has 2 spiro atoms. The molecule has 4 fully saturated rings. The second kappa shape index (κ2) is 29.2. The van der Waals surface area contributed by atoms with Crippen LogP contribution in [0.3, 0.4) is 0 Å². The largest absolute Gasteiger partial charge is 0.493 e. The zero-order valence-corrected chi connectivity index (χ0v) is 57.3. The molecule has 91 heavy (non-hydrogen) atoms. The van der Waals surface area contributed by atoms with Gasteiger partial charge in [-0.3, -0.25) is 0 Å². The summed E-state index contributed by atoms with van der Waals surface area (Å²) in [6.45, 7) is 21.8. The SMILES string of the molecule is C1COCCN1.CC(C)(C)COc1ccc2c(c1)[C@]1(COC(N)=N1)c1cc(Br)ccc1O2.CC(C)(C)COc1ccc2c(c1)[C@]1(COC(N)=N1)c1cc(N3CCOCC3)ccc1O2.CN(C)c1ccccc1-c1ccccc1P(C1CCCCC1)C1CCCCC1. The van der Waals surface area contributed by atoms with Crippen molar-refractivity contribution in [3.8, 4) is 45.6 Å². The molecule has 15 nitrogen and oxygen atoms in total. The number of amidine groups is 2. The van der Waals surface area contributed by atoms with E-state index in [2.05, 4.69) is 152 Å². The van der Waals surface area contributed by atoms with Crippen LogP contribution in [-0.4, -0.2) is 116 Å². The van der Waals surface area contributed by atoms with Crippen LogP contribution >= 0.6 is 23.9 Å². The number of nitrogens with one attached hydrogen (secondary N) is 1. The van der Waals surface area contributed by atoms with Crippen LogP contribution in [0, 0.1) is 10.8 Å². The molecule has 2 saturated heterocycles. The summed E-state index contributed by atoms with van der Waals surface area (Å²) in [5, 5.41) is 4.86. The summed E-state index contributed by atoms with van der Waals surface area (Å²) in [5.74, 6) is 4.58. The summed E-state index contributed by atoms with van der Waals surface area (Å²) in [5.41, 5.74) is 21.5. The molecule has 0 unspecified atom stereocenters. The van der Waals surface area contributed by atoms with E-state index in [0.717, 1.165) is 131 Å². The Morgan fingerprint density at radius 1 is 0.571 bits per heavy atom. The molecule has 486 valence electrons. The quantitative estimate of drug-likeness (QED) is 0.111. The molecular weight excluding hydrogens is 1230 g/mol. The van der Waals surface area contributed by atoms with Crippen molar-refractivity contribution in [1.29, 1.82) is 0 Å². The smallest absolute Gasteiger partial charge is 0.283 e. The van der Waals surface area contributed by atoms with E-state index in [1.165, 1.54) is 81.0 Å². The van der Waals surface area contributed by atoms with Crippen molar-refractivity contribution in [2.45, 2.75) is 128 Å². The first-order valence-corrected chi connectivity index (χ1v) is 35.2. The van der Waals surface area contributed by atoms with Crippen molar-refractivity contribution in [1.82, 2.24) is 5.32 Å². The summed E-state index contributed by atoms with van der Waals surface area (Å²) >= 11 is 3.54. The van der Waals surface area contributed by atoms with Crippen LogP contribution in [0.25, 0.3) is 11.1 Å². The molecule has 8 aliphatic rings. The van der Waals surface area contributed by atoms with Crippen molar-refractivity contribution in [2.75, 3.05) is 103 Å². The van der Waals surface area contributed by atoms with E-state index in [1.807, 2.05) is 60.7 Å². The number of nitrogens with zero attached hydrogens (tertiary/aromatic N) is 4. The van der Waals surface area contributed by atoms with Gasteiger partial charge >= 0.3 is 0 Å². The van der Waals surface area contributed by atoms with E-state index in [-0.39, 0.29) is 30.8 Å². The first-order valence-electron chi connectivity index (χ1n) is 32.9. The summed E-state index contributed by atoms with van der Waals surface area (Å²) in [4.78, 5) is 14.1. The molecule has 14 rings (SSSR count). The highest BCUT2D eigenvalue weighted by Gasteiger charge is 2.49. The zero-order chi connectivity index (χ0) is 63.8. The average Bonchev–Trinajstić information content (AvgIpc) is 1.72. The topological polar surface area (TPSA) is 169 Å². The fraction of sp³-hybridized carbons (Fsp3) is 0.486. The molecular formula is C74H95BrN7O8P. The van der Waals surface area contributed by atoms with E-state index in [1.54, 1.807) is 5.30 Å². The molecule has 0 bridgehead atoms. The molecule has 6 aliphatic heterocycles. The number of rotatable bonds is 10. The van der Waals surface area contributed by atoms with Crippen molar-refractivity contribution in [3.63, 3.8) is 0 Å². The normalized spacial score (nSPS) is 21.0. The molecule has 0 amide bonds. The minimum Gasteiger partial charge on any atom is -0.493 e. The van der Waals surface area contributed by atoms with Gasteiger partial charge in [-0.05, 0) is 138 Å². The standard InChI is InChI=1S/C26H36NP.C24H29N3O4.C20H21BrN2O3.C4H9NO/c1-27(2)25-19-11-9-17-23(25)24-18-10-12-20-26(24)28(21-13-5-3-6-14-21)22-15-7-4-8-16-22;1-23(2,3)14-29-17-5-7-21-19(13-17)24(15-30-22(25)26-24)18-12-16(4-6-20(18)31-21)27-8-10-28-11-9-27;1-19(2,3)10-24-13-5-7-17-15(9-13)20(11-25-18(22)23-20)14-8-12(21)4-6-16(14)26-17;1-3-6-4-2-5-1/h9-12,17-22H,3-8,13-16H2,1-2H3;4-7,12-13H,8-11,14-15H2,1-3H3,(H2,25,26);4-9H,10-11H2,1-3H3,(H2,22,23);5H,1-4H2/t;24-;20-;/m.00./s1. The number of anilines is 2. The Morgan fingerprint density at radius 3 is 1.51 bits per heavy atom. The van der Waals surface area contributed by atoms with E-state index in [4.69, 9.17) is 54.4 Å². The van der Waals surface area contributed by atoms with Crippen molar-refractivity contribution in [2.24, 2.45) is 32.3 Å². The van der Waals surface area contributed by atoms with Gasteiger partial charge in [-0.25, -0.2) is 9.98 Å². The predicted octanol–water partition coefficient (Wildman–Crippen LogP) is 15.0. The van der Waals surface area contributed by atoms with Gasteiger partial charge in [0.05, 0.1) is 39.6 Å². The Balaban J connectivity index is 0.000000134. The third-order valence-corrected chi connectivity index (χ3v) is 21.9. The summed E-state index contributed by atoms with van der Waals surface area (Å²) in [7, 11) is 4.26. The first-order chi connectivity index (χ1) is 43.9. The van der Waals surface area contributed by atoms with Gasteiger partial charge < -0.3 is 64.5 Å². The van der Waals surface area contributed by atoms with Gasteiger partial charge in [0.15, 0.2) is 11.1 Å². The molecule has 2 aliphatic carbocycles. The Labute approximate surface area is 549 Å². The number of nitrogens with two attached hydrogens (primary N) is 2. The molecule has 6 heterocycles. The average molecular weight is 1320 g/mol. The number of benzene rings is 6. The number of ether oxygens (including phenoxy) is 8. The third-order valence-electron chi connectivity index (χ3n) is 17.8. The lowest BCUT2D eigenvalue weighted by atomic mass is 9.81.